The van der Waals surface area contributed by atoms with Crippen LogP contribution in [-0.2, 0) is 9.53 Å². The van der Waals surface area contributed by atoms with Crippen LogP contribution in [0.1, 0.15) is 25.3 Å². The number of hydrogen-bond acceptors (Lipinski definition) is 3. The molecule has 5 heteroatoms. The molecule has 1 aliphatic rings. The van der Waals surface area contributed by atoms with Crippen LogP contribution < -0.4 is 10.6 Å². The highest BCUT2D eigenvalue weighted by molar-refractivity contribution is 5.95. The first-order valence-electron chi connectivity index (χ1n) is 6.40. The lowest BCUT2D eigenvalue weighted by Crippen LogP contribution is -2.45. The Labute approximate surface area is 120 Å². The minimum absolute atomic E-state index is 0. The van der Waals surface area contributed by atoms with E-state index in [4.69, 9.17) is 4.74 Å². The van der Waals surface area contributed by atoms with E-state index < -0.39 is 0 Å². The van der Waals surface area contributed by atoms with Gasteiger partial charge in [-0.05, 0) is 17.5 Å². The summed E-state index contributed by atoms with van der Waals surface area (Å²) in [6.07, 6.45) is -0.390. The van der Waals surface area contributed by atoms with Crippen LogP contribution in [0.5, 0.6) is 0 Å². The number of nitrogens with one attached hydrogen (secondary N) is 2. The average molecular weight is 285 g/mol. The van der Waals surface area contributed by atoms with Crippen molar-refractivity contribution < 1.29 is 9.53 Å². The van der Waals surface area contributed by atoms with E-state index in [1.807, 2.05) is 24.3 Å². The van der Waals surface area contributed by atoms with Gasteiger partial charge in [0.25, 0.3) is 5.91 Å². The summed E-state index contributed by atoms with van der Waals surface area (Å²) in [5, 5.41) is 6.11. The molecule has 0 spiro atoms. The van der Waals surface area contributed by atoms with Crippen LogP contribution in [0, 0.1) is 0 Å². The number of ether oxygens (including phenoxy) is 1. The molecule has 1 fully saturated rings. The zero-order chi connectivity index (χ0) is 13.0. The van der Waals surface area contributed by atoms with Crippen molar-refractivity contribution in [2.24, 2.45) is 0 Å². The molecule has 1 aliphatic heterocycles. The molecule has 1 aromatic carbocycles. The predicted octanol–water partition coefficient (Wildman–Crippen LogP) is 2.16. The molecule has 0 aromatic heterocycles. The van der Waals surface area contributed by atoms with Gasteiger partial charge in [0.15, 0.2) is 0 Å². The fourth-order valence-corrected chi connectivity index (χ4v) is 2.06. The number of morpholine rings is 1. The largest absolute Gasteiger partial charge is 0.366 e. The van der Waals surface area contributed by atoms with Crippen LogP contribution >= 0.6 is 12.4 Å². The van der Waals surface area contributed by atoms with E-state index in [0.717, 1.165) is 17.8 Å². The fourth-order valence-electron chi connectivity index (χ4n) is 2.06. The third-order valence-electron chi connectivity index (χ3n) is 3.06. The van der Waals surface area contributed by atoms with Crippen molar-refractivity contribution in [3.63, 3.8) is 0 Å². The summed E-state index contributed by atoms with van der Waals surface area (Å²) in [5.74, 6) is 0.308. The number of carbonyl (C=O) groups is 1. The molecule has 19 heavy (non-hydrogen) atoms. The molecular formula is C14H21ClN2O2. The Balaban J connectivity index is 0.00000180. The zero-order valence-electron chi connectivity index (χ0n) is 11.3. The lowest BCUT2D eigenvalue weighted by molar-refractivity contribution is -0.128. The zero-order valence-corrected chi connectivity index (χ0v) is 12.1. The Morgan fingerprint density at radius 2 is 2.16 bits per heavy atom. The van der Waals surface area contributed by atoms with Crippen LogP contribution in [0.25, 0.3) is 0 Å². The molecule has 1 amide bonds. The van der Waals surface area contributed by atoms with Gasteiger partial charge in [-0.25, -0.2) is 0 Å². The van der Waals surface area contributed by atoms with Crippen molar-refractivity contribution in [3.8, 4) is 0 Å². The van der Waals surface area contributed by atoms with Crippen LogP contribution in [0.15, 0.2) is 24.3 Å². The van der Waals surface area contributed by atoms with Crippen molar-refractivity contribution in [1.82, 2.24) is 5.32 Å². The number of amides is 1. The van der Waals surface area contributed by atoms with Gasteiger partial charge in [0.2, 0.25) is 0 Å². The minimum atomic E-state index is -0.390. The van der Waals surface area contributed by atoms with Crippen molar-refractivity contribution in [2.45, 2.75) is 25.9 Å². The van der Waals surface area contributed by atoms with Gasteiger partial charge in [0.1, 0.15) is 6.10 Å². The quantitative estimate of drug-likeness (QED) is 0.894. The molecule has 2 rings (SSSR count). The third kappa shape index (κ3) is 4.20. The number of anilines is 1. The van der Waals surface area contributed by atoms with E-state index in [9.17, 15) is 4.79 Å². The molecule has 2 N–H and O–H groups in total. The summed E-state index contributed by atoms with van der Waals surface area (Å²) in [6.45, 7) is 6.21. The molecule has 1 saturated heterocycles. The highest BCUT2D eigenvalue weighted by Crippen LogP contribution is 2.23. The Morgan fingerprint density at radius 1 is 1.42 bits per heavy atom. The second-order valence-electron chi connectivity index (χ2n) is 4.79. The molecule has 0 radical (unpaired) electrons. The predicted molar refractivity (Wildman–Crippen MR) is 79.0 cm³/mol. The standard InChI is InChI=1S/C14H20N2O2.ClH/c1-10(2)11-5-3-4-6-12(11)16-14(17)13-9-15-7-8-18-13;/h3-6,10,13,15H,7-9H2,1-2H3,(H,16,17);1H. The highest BCUT2D eigenvalue weighted by atomic mass is 35.5. The molecule has 1 aromatic rings. The van der Waals surface area contributed by atoms with Crippen molar-refractivity contribution in [3.05, 3.63) is 29.8 Å². The maximum Gasteiger partial charge on any atom is 0.254 e. The fraction of sp³-hybridized carbons (Fsp3) is 0.500. The second kappa shape index (κ2) is 7.48. The maximum atomic E-state index is 12.1. The van der Waals surface area contributed by atoms with Gasteiger partial charge in [-0.2, -0.15) is 0 Å². The number of rotatable bonds is 3. The Kier molecular flexibility index (Phi) is 6.28. The molecule has 106 valence electrons. The summed E-state index contributed by atoms with van der Waals surface area (Å²) >= 11 is 0. The van der Waals surface area contributed by atoms with E-state index in [1.165, 1.54) is 0 Å². The number of hydrogen-bond donors (Lipinski definition) is 2. The van der Waals surface area contributed by atoms with Crippen LogP contribution in [0.4, 0.5) is 5.69 Å². The SMILES string of the molecule is CC(C)c1ccccc1NC(=O)C1CNCCO1.Cl. The molecule has 0 bridgehead atoms. The Morgan fingerprint density at radius 3 is 2.79 bits per heavy atom. The van der Waals surface area contributed by atoms with Gasteiger partial charge in [-0.3, -0.25) is 4.79 Å². The molecular weight excluding hydrogens is 264 g/mol. The topological polar surface area (TPSA) is 50.4 Å². The number of benzene rings is 1. The first kappa shape index (κ1) is 16.0. The first-order chi connectivity index (χ1) is 8.68. The van der Waals surface area contributed by atoms with Crippen LogP contribution in [0.2, 0.25) is 0 Å². The molecule has 0 aliphatic carbocycles. The summed E-state index contributed by atoms with van der Waals surface area (Å²) < 4.78 is 5.44. The Bertz CT molecular complexity index is 418. The second-order valence-corrected chi connectivity index (χ2v) is 4.79. The monoisotopic (exact) mass is 284 g/mol. The lowest BCUT2D eigenvalue weighted by atomic mass is 10.0. The summed E-state index contributed by atoms with van der Waals surface area (Å²) in [4.78, 5) is 12.1. The molecule has 0 saturated carbocycles. The van der Waals surface area contributed by atoms with E-state index >= 15 is 0 Å². The molecule has 1 heterocycles. The smallest absolute Gasteiger partial charge is 0.254 e. The van der Waals surface area contributed by atoms with Gasteiger partial charge < -0.3 is 15.4 Å². The summed E-state index contributed by atoms with van der Waals surface area (Å²) in [7, 11) is 0. The van der Waals surface area contributed by atoms with Crippen LogP contribution in [-0.4, -0.2) is 31.7 Å². The normalized spacial score (nSPS) is 18.8. The van der Waals surface area contributed by atoms with Crippen molar-refractivity contribution >= 4 is 24.0 Å². The van der Waals surface area contributed by atoms with E-state index in [-0.39, 0.29) is 24.4 Å². The molecule has 1 atom stereocenters. The van der Waals surface area contributed by atoms with Gasteiger partial charge in [-0.15, -0.1) is 12.4 Å². The third-order valence-corrected chi connectivity index (χ3v) is 3.06. The number of halogens is 1. The van der Waals surface area contributed by atoms with Crippen molar-refractivity contribution in [2.75, 3.05) is 25.0 Å². The number of para-hydroxylation sites is 1. The van der Waals surface area contributed by atoms with Gasteiger partial charge in [0.05, 0.1) is 6.61 Å². The lowest BCUT2D eigenvalue weighted by Gasteiger charge is -2.23. The number of carbonyl (C=O) groups excluding carboxylic acids is 1. The van der Waals surface area contributed by atoms with E-state index in [0.29, 0.717) is 19.1 Å². The molecule has 1 unspecified atom stereocenters. The maximum absolute atomic E-state index is 12.1. The summed E-state index contributed by atoms with van der Waals surface area (Å²) in [6, 6.07) is 7.90. The van der Waals surface area contributed by atoms with Crippen molar-refractivity contribution in [1.29, 1.82) is 0 Å². The van der Waals surface area contributed by atoms with Gasteiger partial charge in [0, 0.05) is 18.8 Å². The average Bonchev–Trinajstić information content (AvgIpc) is 2.40. The van der Waals surface area contributed by atoms with E-state index in [1.54, 1.807) is 0 Å². The van der Waals surface area contributed by atoms with Gasteiger partial charge in [-0.1, -0.05) is 32.0 Å². The molecule has 4 nitrogen and oxygen atoms in total. The highest BCUT2D eigenvalue weighted by Gasteiger charge is 2.22. The van der Waals surface area contributed by atoms with E-state index in [2.05, 4.69) is 24.5 Å². The first-order valence-corrected chi connectivity index (χ1v) is 6.40. The minimum Gasteiger partial charge on any atom is -0.366 e. The summed E-state index contributed by atoms with van der Waals surface area (Å²) in [5.41, 5.74) is 2.03. The Hall–Kier alpha value is -1.10. The van der Waals surface area contributed by atoms with Gasteiger partial charge >= 0.3 is 0 Å². The van der Waals surface area contributed by atoms with Crippen LogP contribution in [0.3, 0.4) is 0 Å².